The summed E-state index contributed by atoms with van der Waals surface area (Å²) in [5.74, 6) is 0.870. The van der Waals surface area contributed by atoms with Crippen LogP contribution in [0.5, 0.6) is 0 Å². The SMILES string of the molecule is O=C(/C=C/c1ccc(-c2ccc(Cl)cc2Cl)o1)Nc1nccs1. The molecule has 0 atom stereocenters. The maximum absolute atomic E-state index is 11.7. The van der Waals surface area contributed by atoms with Crippen molar-refractivity contribution in [3.05, 3.63) is 63.8 Å². The Morgan fingerprint density at radius 2 is 2.13 bits per heavy atom. The van der Waals surface area contributed by atoms with E-state index in [1.807, 2.05) is 0 Å². The molecule has 2 heterocycles. The molecule has 3 rings (SSSR count). The largest absolute Gasteiger partial charge is 0.457 e. The molecule has 0 bridgehead atoms. The number of halogens is 2. The lowest BCUT2D eigenvalue weighted by atomic mass is 10.2. The van der Waals surface area contributed by atoms with Crippen molar-refractivity contribution in [2.75, 3.05) is 5.32 Å². The zero-order chi connectivity index (χ0) is 16.2. The first kappa shape index (κ1) is 15.8. The molecule has 0 aliphatic carbocycles. The summed E-state index contributed by atoms with van der Waals surface area (Å²) in [6.45, 7) is 0. The fourth-order valence-electron chi connectivity index (χ4n) is 1.87. The fourth-order valence-corrected chi connectivity index (χ4v) is 2.90. The van der Waals surface area contributed by atoms with Crippen LogP contribution >= 0.6 is 34.5 Å². The Morgan fingerprint density at radius 1 is 1.26 bits per heavy atom. The molecule has 116 valence electrons. The van der Waals surface area contributed by atoms with Crippen LogP contribution in [-0.2, 0) is 4.79 Å². The molecule has 0 aliphatic heterocycles. The minimum atomic E-state index is -0.276. The van der Waals surface area contributed by atoms with Gasteiger partial charge in [0, 0.05) is 28.2 Å². The van der Waals surface area contributed by atoms with Crippen LogP contribution < -0.4 is 5.32 Å². The second kappa shape index (κ2) is 7.00. The summed E-state index contributed by atoms with van der Waals surface area (Å²) in [5.41, 5.74) is 0.739. The first-order chi connectivity index (χ1) is 11.1. The van der Waals surface area contributed by atoms with Gasteiger partial charge >= 0.3 is 0 Å². The lowest BCUT2D eigenvalue weighted by Gasteiger charge is -2.00. The number of thiazole rings is 1. The van der Waals surface area contributed by atoms with E-state index < -0.39 is 0 Å². The lowest BCUT2D eigenvalue weighted by molar-refractivity contribution is -0.111. The smallest absolute Gasteiger partial charge is 0.250 e. The number of rotatable bonds is 4. The van der Waals surface area contributed by atoms with Gasteiger partial charge in [-0.05, 0) is 36.4 Å². The molecule has 0 aliphatic rings. The highest BCUT2D eigenvalue weighted by Crippen LogP contribution is 2.31. The number of anilines is 1. The van der Waals surface area contributed by atoms with Crippen molar-refractivity contribution in [2.45, 2.75) is 0 Å². The average molecular weight is 365 g/mol. The monoisotopic (exact) mass is 364 g/mol. The first-order valence-electron chi connectivity index (χ1n) is 6.55. The molecule has 4 nitrogen and oxygen atoms in total. The predicted octanol–water partition coefficient (Wildman–Crippen LogP) is 5.36. The standard InChI is InChI=1S/C16H10Cl2N2O2S/c17-10-1-4-12(13(18)9-10)14-5-2-11(22-14)3-6-15(21)20-16-19-7-8-23-16/h1-9H,(H,19,20,21)/b6-3+. The minimum absolute atomic E-state index is 0.276. The van der Waals surface area contributed by atoms with Crippen molar-refractivity contribution < 1.29 is 9.21 Å². The highest BCUT2D eigenvalue weighted by Gasteiger charge is 2.08. The van der Waals surface area contributed by atoms with Gasteiger partial charge in [-0.1, -0.05) is 23.2 Å². The van der Waals surface area contributed by atoms with Crippen LogP contribution in [0.1, 0.15) is 5.76 Å². The Balaban J connectivity index is 1.71. The second-order valence-electron chi connectivity index (χ2n) is 4.49. The van der Waals surface area contributed by atoms with Gasteiger partial charge in [-0.15, -0.1) is 11.3 Å². The summed E-state index contributed by atoms with van der Waals surface area (Å²) in [6, 6.07) is 8.72. The van der Waals surface area contributed by atoms with Crippen LogP contribution in [0.4, 0.5) is 5.13 Å². The van der Waals surface area contributed by atoms with Gasteiger partial charge in [0.25, 0.3) is 0 Å². The van der Waals surface area contributed by atoms with E-state index in [1.54, 1.807) is 48.0 Å². The number of carbonyl (C=O) groups is 1. The predicted molar refractivity (Wildman–Crippen MR) is 93.9 cm³/mol. The Morgan fingerprint density at radius 3 is 2.87 bits per heavy atom. The maximum atomic E-state index is 11.7. The molecule has 0 unspecified atom stereocenters. The van der Waals surface area contributed by atoms with E-state index in [0.29, 0.717) is 26.7 Å². The molecule has 0 saturated heterocycles. The number of aromatic nitrogens is 1. The molecule has 7 heteroatoms. The minimum Gasteiger partial charge on any atom is -0.457 e. The third kappa shape index (κ3) is 4.01. The average Bonchev–Trinajstić information content (AvgIpc) is 3.17. The molecule has 3 aromatic rings. The maximum Gasteiger partial charge on any atom is 0.250 e. The number of hydrogen-bond donors (Lipinski definition) is 1. The van der Waals surface area contributed by atoms with Crippen molar-refractivity contribution in [1.29, 1.82) is 0 Å². The number of nitrogens with zero attached hydrogens (tertiary/aromatic N) is 1. The van der Waals surface area contributed by atoms with Crippen LogP contribution in [0.2, 0.25) is 10.0 Å². The van der Waals surface area contributed by atoms with Crippen LogP contribution in [0.25, 0.3) is 17.4 Å². The fraction of sp³-hybridized carbons (Fsp3) is 0. The van der Waals surface area contributed by atoms with Crippen LogP contribution in [0, 0.1) is 0 Å². The Bertz CT molecular complexity index is 857. The van der Waals surface area contributed by atoms with Crippen molar-refractivity contribution in [3.8, 4) is 11.3 Å². The second-order valence-corrected chi connectivity index (χ2v) is 6.22. The van der Waals surface area contributed by atoms with E-state index in [0.717, 1.165) is 5.56 Å². The van der Waals surface area contributed by atoms with Crippen molar-refractivity contribution in [3.63, 3.8) is 0 Å². The van der Waals surface area contributed by atoms with Gasteiger partial charge in [0.05, 0.1) is 5.02 Å². The Hall–Kier alpha value is -2.08. The molecule has 0 spiro atoms. The van der Waals surface area contributed by atoms with Gasteiger partial charge in [-0.25, -0.2) is 4.98 Å². The summed E-state index contributed by atoms with van der Waals surface area (Å²) in [7, 11) is 0. The van der Waals surface area contributed by atoms with E-state index in [2.05, 4.69) is 10.3 Å². The normalized spacial score (nSPS) is 11.0. The number of benzene rings is 1. The molecule has 0 saturated carbocycles. The highest BCUT2D eigenvalue weighted by molar-refractivity contribution is 7.13. The van der Waals surface area contributed by atoms with Crippen molar-refractivity contribution >= 4 is 51.7 Å². The summed E-state index contributed by atoms with van der Waals surface area (Å²) < 4.78 is 5.67. The van der Waals surface area contributed by atoms with E-state index in [4.69, 9.17) is 27.6 Å². The van der Waals surface area contributed by atoms with E-state index in [9.17, 15) is 4.79 Å². The zero-order valence-corrected chi connectivity index (χ0v) is 14.0. The van der Waals surface area contributed by atoms with E-state index in [1.165, 1.54) is 17.4 Å². The molecular formula is C16H10Cl2N2O2S. The molecule has 0 fully saturated rings. The van der Waals surface area contributed by atoms with Gasteiger partial charge in [-0.2, -0.15) is 0 Å². The highest BCUT2D eigenvalue weighted by atomic mass is 35.5. The van der Waals surface area contributed by atoms with E-state index in [-0.39, 0.29) is 5.91 Å². The van der Waals surface area contributed by atoms with Gasteiger partial charge in [0.1, 0.15) is 11.5 Å². The summed E-state index contributed by atoms with van der Waals surface area (Å²) in [6.07, 6.45) is 4.59. The molecule has 1 amide bonds. The van der Waals surface area contributed by atoms with Crippen molar-refractivity contribution in [2.24, 2.45) is 0 Å². The lowest BCUT2D eigenvalue weighted by Crippen LogP contribution is -2.06. The van der Waals surface area contributed by atoms with Crippen molar-refractivity contribution in [1.82, 2.24) is 4.98 Å². The molecular weight excluding hydrogens is 355 g/mol. The van der Waals surface area contributed by atoms with Crippen LogP contribution in [-0.4, -0.2) is 10.9 Å². The molecule has 1 N–H and O–H groups in total. The summed E-state index contributed by atoms with van der Waals surface area (Å²) in [4.78, 5) is 15.7. The molecule has 2 aromatic heterocycles. The first-order valence-corrected chi connectivity index (χ1v) is 8.19. The van der Waals surface area contributed by atoms with Gasteiger partial charge in [0.2, 0.25) is 5.91 Å². The molecule has 0 radical (unpaired) electrons. The number of amides is 1. The third-order valence-corrected chi connectivity index (χ3v) is 4.12. The third-order valence-electron chi connectivity index (χ3n) is 2.88. The summed E-state index contributed by atoms with van der Waals surface area (Å²) >= 11 is 13.4. The van der Waals surface area contributed by atoms with Gasteiger partial charge in [-0.3, -0.25) is 10.1 Å². The quantitative estimate of drug-likeness (QED) is 0.633. The number of carbonyl (C=O) groups excluding carboxylic acids is 1. The topological polar surface area (TPSA) is 55.1 Å². The number of furan rings is 1. The van der Waals surface area contributed by atoms with E-state index >= 15 is 0 Å². The molecule has 1 aromatic carbocycles. The Kier molecular flexibility index (Phi) is 4.81. The summed E-state index contributed by atoms with van der Waals surface area (Å²) in [5, 5.41) is 6.05. The van der Waals surface area contributed by atoms with Gasteiger partial charge < -0.3 is 4.42 Å². The zero-order valence-electron chi connectivity index (χ0n) is 11.6. The molecule has 23 heavy (non-hydrogen) atoms. The number of nitrogens with one attached hydrogen (secondary N) is 1. The van der Waals surface area contributed by atoms with Gasteiger partial charge in [0.15, 0.2) is 5.13 Å². The van der Waals surface area contributed by atoms with Crippen LogP contribution in [0.3, 0.4) is 0 Å². The Labute approximate surface area is 146 Å². The van der Waals surface area contributed by atoms with Crippen LogP contribution in [0.15, 0.2) is 52.4 Å². The number of hydrogen-bond acceptors (Lipinski definition) is 4.